The molecule has 3 nitrogen and oxygen atoms in total. The molecular weight excluding hydrogens is 348 g/mol. The Bertz CT molecular complexity index is 466. The number of nitrogens with one attached hydrogen (secondary N) is 1. The predicted molar refractivity (Wildman–Crippen MR) is 90.6 cm³/mol. The van der Waals surface area contributed by atoms with Crippen molar-refractivity contribution in [3.63, 3.8) is 0 Å². The average Bonchev–Trinajstić information content (AvgIpc) is 3.21. The number of aliphatic hydroxyl groups is 1. The number of aliphatic hydroxyl groups excluding tert-OH is 1. The molecule has 21 heavy (non-hydrogen) atoms. The van der Waals surface area contributed by atoms with Gasteiger partial charge in [0.05, 0.1) is 11.6 Å². The fourth-order valence-corrected chi connectivity index (χ4v) is 4.53. The summed E-state index contributed by atoms with van der Waals surface area (Å²) in [5, 5.41) is 14.7. The summed E-state index contributed by atoms with van der Waals surface area (Å²) in [5.74, 6) is 1.68. The maximum Gasteiger partial charge on any atom is 0.0960 e. The highest BCUT2D eigenvalue weighted by Gasteiger charge is 2.44. The molecule has 0 aromatic carbocycles. The highest BCUT2D eigenvalue weighted by Crippen LogP contribution is 2.41. The molecular formula is C16H23BrN2OS. The van der Waals surface area contributed by atoms with E-state index in [1.165, 1.54) is 25.7 Å². The van der Waals surface area contributed by atoms with Crippen LogP contribution >= 0.6 is 27.7 Å². The van der Waals surface area contributed by atoms with Crippen molar-refractivity contribution in [1.82, 2.24) is 10.3 Å². The molecule has 0 spiro atoms. The van der Waals surface area contributed by atoms with Crippen LogP contribution in [0.5, 0.6) is 0 Å². The lowest BCUT2D eigenvalue weighted by Crippen LogP contribution is -2.52. The van der Waals surface area contributed by atoms with Crippen LogP contribution in [0.3, 0.4) is 0 Å². The summed E-state index contributed by atoms with van der Waals surface area (Å²) in [5.41, 5.74) is -0.00509. The number of thioether (sulfide) groups is 1. The van der Waals surface area contributed by atoms with Gasteiger partial charge in [-0.25, -0.2) is 4.98 Å². The van der Waals surface area contributed by atoms with Crippen LogP contribution < -0.4 is 5.32 Å². The summed E-state index contributed by atoms with van der Waals surface area (Å²) in [4.78, 5) is 4.41. The maximum atomic E-state index is 9.92. The molecule has 2 N–H and O–H groups in total. The molecule has 0 bridgehead atoms. The molecule has 1 aromatic rings. The Kier molecular flexibility index (Phi) is 5.25. The zero-order valence-corrected chi connectivity index (χ0v) is 14.6. The Labute approximate surface area is 139 Å². The number of aromatic nitrogens is 1. The molecule has 5 heteroatoms. The zero-order valence-electron chi connectivity index (χ0n) is 12.2. The van der Waals surface area contributed by atoms with Crippen LogP contribution in [-0.4, -0.2) is 34.0 Å². The van der Waals surface area contributed by atoms with Gasteiger partial charge in [-0.2, -0.15) is 0 Å². The first-order chi connectivity index (χ1) is 10.2. The fourth-order valence-electron chi connectivity index (χ4n) is 3.40. The maximum absolute atomic E-state index is 9.92. The second-order valence-corrected chi connectivity index (χ2v) is 8.30. The molecule has 3 rings (SSSR count). The SMILES string of the molecule is OCC1(NC2CC2)CCCC1CCSc1ccc(Br)cn1. The summed E-state index contributed by atoms with van der Waals surface area (Å²) in [6.07, 6.45) is 9.19. The van der Waals surface area contributed by atoms with E-state index in [-0.39, 0.29) is 12.1 Å². The summed E-state index contributed by atoms with van der Waals surface area (Å²) in [7, 11) is 0. The van der Waals surface area contributed by atoms with Crippen molar-refractivity contribution in [3.8, 4) is 0 Å². The summed E-state index contributed by atoms with van der Waals surface area (Å²) in [6.45, 7) is 0.287. The van der Waals surface area contributed by atoms with Crippen molar-refractivity contribution < 1.29 is 5.11 Å². The van der Waals surface area contributed by atoms with Gasteiger partial charge in [0, 0.05) is 22.3 Å². The number of halogens is 1. The van der Waals surface area contributed by atoms with Gasteiger partial charge in [0.25, 0.3) is 0 Å². The van der Waals surface area contributed by atoms with Crippen LogP contribution in [-0.2, 0) is 0 Å². The van der Waals surface area contributed by atoms with Gasteiger partial charge in [0.15, 0.2) is 0 Å². The Morgan fingerprint density at radius 3 is 2.90 bits per heavy atom. The van der Waals surface area contributed by atoms with Gasteiger partial charge in [-0.15, -0.1) is 11.8 Å². The largest absolute Gasteiger partial charge is 0.394 e. The predicted octanol–water partition coefficient (Wildman–Crippen LogP) is 3.61. The number of pyridine rings is 1. The minimum absolute atomic E-state index is 0.00509. The van der Waals surface area contributed by atoms with E-state index >= 15 is 0 Å². The standard InChI is InChI=1S/C16H23BrN2OS/c17-13-3-6-15(18-10-13)21-9-7-12-2-1-8-16(12,11-20)19-14-4-5-14/h3,6,10,12,14,19-20H,1-2,4-5,7-9,11H2. The van der Waals surface area contributed by atoms with Crippen molar-refractivity contribution in [1.29, 1.82) is 0 Å². The zero-order chi connectivity index (χ0) is 14.7. The van der Waals surface area contributed by atoms with Crippen molar-refractivity contribution in [2.75, 3.05) is 12.4 Å². The van der Waals surface area contributed by atoms with Crippen LogP contribution in [0.4, 0.5) is 0 Å². The molecule has 2 aliphatic carbocycles. The topological polar surface area (TPSA) is 45.1 Å². The van der Waals surface area contributed by atoms with E-state index in [1.807, 2.05) is 24.0 Å². The summed E-state index contributed by atoms with van der Waals surface area (Å²) in [6, 6.07) is 4.77. The quantitative estimate of drug-likeness (QED) is 0.719. The smallest absolute Gasteiger partial charge is 0.0960 e. The lowest BCUT2D eigenvalue weighted by molar-refractivity contribution is 0.120. The van der Waals surface area contributed by atoms with Crippen LogP contribution in [0.2, 0.25) is 0 Å². The fraction of sp³-hybridized carbons (Fsp3) is 0.688. The van der Waals surface area contributed by atoms with Gasteiger partial charge in [0.1, 0.15) is 0 Å². The third-order valence-corrected chi connectivity index (χ3v) is 6.17. The molecule has 2 atom stereocenters. The molecule has 2 saturated carbocycles. The monoisotopic (exact) mass is 370 g/mol. The highest BCUT2D eigenvalue weighted by atomic mass is 79.9. The van der Waals surface area contributed by atoms with E-state index in [0.29, 0.717) is 12.0 Å². The van der Waals surface area contributed by atoms with Gasteiger partial charge in [0.2, 0.25) is 0 Å². The molecule has 2 fully saturated rings. The number of rotatable bonds is 7. The van der Waals surface area contributed by atoms with E-state index in [0.717, 1.165) is 28.1 Å². The number of hydrogen-bond acceptors (Lipinski definition) is 4. The Morgan fingerprint density at radius 2 is 2.24 bits per heavy atom. The molecule has 0 aliphatic heterocycles. The van der Waals surface area contributed by atoms with Crippen molar-refractivity contribution in [3.05, 3.63) is 22.8 Å². The molecule has 1 heterocycles. The molecule has 0 amide bonds. The number of nitrogens with zero attached hydrogens (tertiary/aromatic N) is 1. The van der Waals surface area contributed by atoms with Crippen LogP contribution in [0.25, 0.3) is 0 Å². The van der Waals surface area contributed by atoms with Gasteiger partial charge >= 0.3 is 0 Å². The second-order valence-electron chi connectivity index (χ2n) is 6.27. The first-order valence-corrected chi connectivity index (χ1v) is 9.63. The van der Waals surface area contributed by atoms with E-state index in [4.69, 9.17) is 0 Å². The third kappa shape index (κ3) is 4.01. The molecule has 0 radical (unpaired) electrons. The van der Waals surface area contributed by atoms with E-state index < -0.39 is 0 Å². The van der Waals surface area contributed by atoms with Crippen molar-refractivity contribution in [2.45, 2.75) is 55.1 Å². The Morgan fingerprint density at radius 1 is 1.38 bits per heavy atom. The van der Waals surface area contributed by atoms with Gasteiger partial charge < -0.3 is 10.4 Å². The van der Waals surface area contributed by atoms with Gasteiger partial charge in [-0.3, -0.25) is 0 Å². The van der Waals surface area contributed by atoms with Crippen LogP contribution in [0, 0.1) is 5.92 Å². The highest BCUT2D eigenvalue weighted by molar-refractivity contribution is 9.10. The molecule has 2 unspecified atom stereocenters. The van der Waals surface area contributed by atoms with Gasteiger partial charge in [-0.05, 0) is 71.8 Å². The van der Waals surface area contributed by atoms with E-state index in [9.17, 15) is 5.11 Å². The summed E-state index contributed by atoms with van der Waals surface area (Å²) < 4.78 is 1.02. The van der Waals surface area contributed by atoms with E-state index in [2.05, 4.69) is 32.3 Å². The molecule has 0 saturated heterocycles. The lowest BCUT2D eigenvalue weighted by atomic mass is 9.85. The normalized spacial score (nSPS) is 29.0. The first kappa shape index (κ1) is 15.8. The second kappa shape index (κ2) is 6.99. The minimum atomic E-state index is -0.00509. The summed E-state index contributed by atoms with van der Waals surface area (Å²) >= 11 is 5.23. The van der Waals surface area contributed by atoms with Crippen LogP contribution in [0.15, 0.2) is 27.8 Å². The lowest BCUT2D eigenvalue weighted by Gasteiger charge is -2.35. The number of hydrogen-bond donors (Lipinski definition) is 2. The van der Waals surface area contributed by atoms with E-state index in [1.54, 1.807) is 0 Å². The van der Waals surface area contributed by atoms with Crippen molar-refractivity contribution in [2.24, 2.45) is 5.92 Å². The third-order valence-electron chi connectivity index (χ3n) is 4.72. The molecule has 2 aliphatic rings. The van der Waals surface area contributed by atoms with Gasteiger partial charge in [-0.1, -0.05) is 6.42 Å². The average molecular weight is 371 g/mol. The molecule has 116 valence electrons. The van der Waals surface area contributed by atoms with Crippen LogP contribution in [0.1, 0.15) is 38.5 Å². The molecule has 1 aromatic heterocycles. The minimum Gasteiger partial charge on any atom is -0.394 e. The Hall–Kier alpha value is -0.100. The Balaban J connectivity index is 1.52. The van der Waals surface area contributed by atoms with Crippen molar-refractivity contribution >= 4 is 27.7 Å². The first-order valence-electron chi connectivity index (χ1n) is 7.85.